The molecule has 0 atom stereocenters. The Balaban J connectivity index is 1.66. The molecule has 1 heterocycles. The number of ether oxygens (including phenoxy) is 1. The van der Waals surface area contributed by atoms with Crippen molar-refractivity contribution in [1.82, 2.24) is 4.90 Å². The van der Waals surface area contributed by atoms with E-state index in [9.17, 15) is 37.3 Å². The molecule has 4 rings (SSSR count). The Labute approximate surface area is 229 Å². The lowest BCUT2D eigenvalue weighted by Crippen LogP contribution is -2.27. The molecule has 1 saturated heterocycles. The minimum Gasteiger partial charge on any atom is -0.449 e. The molecule has 1 aliphatic rings. The number of nitro benzene ring substituents is 1. The van der Waals surface area contributed by atoms with Crippen molar-refractivity contribution in [2.75, 3.05) is 0 Å². The number of carbonyl (C=O) groups is 2. The molecule has 3 aromatic rings. The summed E-state index contributed by atoms with van der Waals surface area (Å²) in [6, 6.07) is 9.78. The molecule has 0 N–H and O–H groups in total. The van der Waals surface area contributed by atoms with Crippen molar-refractivity contribution in [3.8, 4) is 11.5 Å². The average Bonchev–Trinajstić information content (AvgIpc) is 3.09. The number of imide groups is 1. The largest absolute Gasteiger partial charge is 0.449 e. The molecular weight excluding hydrogens is 620 g/mol. The summed E-state index contributed by atoms with van der Waals surface area (Å²) in [6.45, 7) is -0.208. The van der Waals surface area contributed by atoms with Gasteiger partial charge in [-0.2, -0.15) is 13.2 Å². The van der Waals surface area contributed by atoms with Gasteiger partial charge in [0.15, 0.2) is 0 Å². The van der Waals surface area contributed by atoms with Gasteiger partial charge in [0.2, 0.25) is 5.75 Å². The van der Waals surface area contributed by atoms with E-state index in [1.807, 2.05) is 0 Å². The highest BCUT2D eigenvalue weighted by Crippen LogP contribution is 2.41. The van der Waals surface area contributed by atoms with Crippen molar-refractivity contribution in [1.29, 1.82) is 0 Å². The molecule has 1 aliphatic heterocycles. The number of nitro groups is 1. The van der Waals surface area contributed by atoms with Crippen LogP contribution in [0.5, 0.6) is 11.5 Å². The molecule has 3 aromatic carbocycles. The van der Waals surface area contributed by atoms with Gasteiger partial charge in [0.05, 0.1) is 21.9 Å². The summed E-state index contributed by atoms with van der Waals surface area (Å²) in [6.07, 6.45) is -3.49. The second-order valence-corrected chi connectivity index (χ2v) is 10.0. The number of thioether (sulfide) groups is 1. The Morgan fingerprint density at radius 3 is 2.45 bits per heavy atom. The fourth-order valence-corrected chi connectivity index (χ4v) is 4.80. The van der Waals surface area contributed by atoms with Gasteiger partial charge in [0.1, 0.15) is 11.6 Å². The molecule has 0 aliphatic carbocycles. The predicted molar refractivity (Wildman–Crippen MR) is 135 cm³/mol. The van der Waals surface area contributed by atoms with Gasteiger partial charge < -0.3 is 4.74 Å². The van der Waals surface area contributed by atoms with Crippen molar-refractivity contribution in [3.63, 3.8) is 0 Å². The smallest absolute Gasteiger partial charge is 0.416 e. The normalized spacial score (nSPS) is 14.9. The number of carbonyl (C=O) groups excluding carboxylic acids is 2. The summed E-state index contributed by atoms with van der Waals surface area (Å²) in [5, 5.41) is 10.9. The molecule has 1 fully saturated rings. The molecule has 0 spiro atoms. The third-order valence-corrected chi connectivity index (χ3v) is 6.93. The third-order valence-electron chi connectivity index (χ3n) is 5.18. The van der Waals surface area contributed by atoms with Gasteiger partial charge in [-0.3, -0.25) is 24.6 Å². The van der Waals surface area contributed by atoms with E-state index in [0.717, 1.165) is 23.1 Å². The Morgan fingerprint density at radius 1 is 1.08 bits per heavy atom. The Hall–Kier alpha value is -3.42. The number of alkyl halides is 3. The van der Waals surface area contributed by atoms with E-state index in [0.29, 0.717) is 33.9 Å². The van der Waals surface area contributed by atoms with Crippen molar-refractivity contribution in [3.05, 3.63) is 102 Å². The van der Waals surface area contributed by atoms with Crippen LogP contribution >= 0.6 is 39.3 Å². The molecule has 2 amide bonds. The summed E-state index contributed by atoms with van der Waals surface area (Å²) in [5.74, 6) is -1.74. The molecule has 196 valence electrons. The summed E-state index contributed by atoms with van der Waals surface area (Å²) < 4.78 is 58.6. The van der Waals surface area contributed by atoms with Crippen LogP contribution in [0.25, 0.3) is 6.08 Å². The monoisotopic (exact) mass is 630 g/mol. The average molecular weight is 632 g/mol. The Bertz CT molecular complexity index is 1520. The maximum absolute atomic E-state index is 13.3. The molecule has 0 saturated carbocycles. The topological polar surface area (TPSA) is 89.7 Å². The fraction of sp³-hybridized carbons (Fsp3) is 0.0833. The van der Waals surface area contributed by atoms with Crippen LogP contribution in [0.2, 0.25) is 5.02 Å². The van der Waals surface area contributed by atoms with E-state index in [4.69, 9.17) is 16.3 Å². The molecule has 7 nitrogen and oxygen atoms in total. The van der Waals surface area contributed by atoms with Crippen molar-refractivity contribution in [2.24, 2.45) is 0 Å². The number of benzene rings is 3. The highest BCUT2D eigenvalue weighted by molar-refractivity contribution is 9.10. The summed E-state index contributed by atoms with van der Waals surface area (Å²) in [4.78, 5) is 36.9. The minimum atomic E-state index is -4.80. The first-order valence-electron chi connectivity index (χ1n) is 10.4. The van der Waals surface area contributed by atoms with Gasteiger partial charge in [-0.05, 0) is 65.9 Å². The molecule has 38 heavy (non-hydrogen) atoms. The minimum absolute atomic E-state index is 0.0156. The van der Waals surface area contributed by atoms with Gasteiger partial charge in [0, 0.05) is 21.1 Å². The lowest BCUT2D eigenvalue weighted by atomic mass is 10.1. The first-order chi connectivity index (χ1) is 17.8. The Morgan fingerprint density at radius 2 is 1.79 bits per heavy atom. The third kappa shape index (κ3) is 6.00. The predicted octanol–water partition coefficient (Wildman–Crippen LogP) is 8.20. The maximum atomic E-state index is 13.3. The number of rotatable bonds is 6. The highest BCUT2D eigenvalue weighted by Gasteiger charge is 2.36. The standard InChI is InChI=1S/C24H12BrClF4N2O5S/c25-15-3-6-19(37-20-5-2-14(24(28,29)30)9-18(20)32(35)36)13(7-15)8-21-22(33)31(23(34)38-21)11-12-1-4-16(27)10-17(12)26/h1-10H,11H2/b21-8-. The number of hydrogen-bond donors (Lipinski definition) is 0. The summed E-state index contributed by atoms with van der Waals surface area (Å²) >= 11 is 9.89. The fourth-order valence-electron chi connectivity index (χ4n) is 3.36. The molecule has 0 radical (unpaired) electrons. The van der Waals surface area contributed by atoms with Crippen LogP contribution in [-0.2, 0) is 17.5 Å². The van der Waals surface area contributed by atoms with E-state index in [1.54, 1.807) is 0 Å². The maximum Gasteiger partial charge on any atom is 0.416 e. The van der Waals surface area contributed by atoms with Crippen LogP contribution in [0.3, 0.4) is 0 Å². The number of halogens is 6. The molecule has 0 bridgehead atoms. The first kappa shape index (κ1) is 27.6. The van der Waals surface area contributed by atoms with Crippen LogP contribution < -0.4 is 4.74 Å². The van der Waals surface area contributed by atoms with Gasteiger partial charge in [0.25, 0.3) is 11.1 Å². The van der Waals surface area contributed by atoms with E-state index >= 15 is 0 Å². The number of nitrogens with zero attached hydrogens (tertiary/aromatic N) is 2. The molecule has 0 unspecified atom stereocenters. The van der Waals surface area contributed by atoms with E-state index < -0.39 is 45.1 Å². The zero-order valence-electron chi connectivity index (χ0n) is 18.6. The second kappa shape index (κ2) is 10.8. The van der Waals surface area contributed by atoms with Crippen LogP contribution in [0, 0.1) is 15.9 Å². The Kier molecular flexibility index (Phi) is 7.81. The van der Waals surface area contributed by atoms with E-state index in [2.05, 4.69) is 15.9 Å². The number of hydrogen-bond acceptors (Lipinski definition) is 6. The van der Waals surface area contributed by atoms with Gasteiger partial charge in [-0.1, -0.05) is 33.6 Å². The zero-order chi connectivity index (χ0) is 27.8. The zero-order valence-corrected chi connectivity index (χ0v) is 21.8. The van der Waals surface area contributed by atoms with Gasteiger partial charge >= 0.3 is 11.9 Å². The van der Waals surface area contributed by atoms with E-state index in [1.165, 1.54) is 30.3 Å². The summed E-state index contributed by atoms with van der Waals surface area (Å²) in [5.41, 5.74) is -1.58. The van der Waals surface area contributed by atoms with Crippen LogP contribution in [0.4, 0.5) is 28.0 Å². The SMILES string of the molecule is O=C1S/C(=C\c2cc(Br)ccc2Oc2ccc(C(F)(F)F)cc2[N+](=O)[O-])C(=O)N1Cc1ccc(F)cc1Cl. The highest BCUT2D eigenvalue weighted by atomic mass is 79.9. The first-order valence-corrected chi connectivity index (χ1v) is 12.3. The molecule has 14 heteroatoms. The van der Waals surface area contributed by atoms with Crippen molar-refractivity contribution < 1.29 is 36.8 Å². The lowest BCUT2D eigenvalue weighted by Gasteiger charge is -2.14. The molecular formula is C24H12BrClF4N2O5S. The van der Waals surface area contributed by atoms with Gasteiger partial charge in [-0.25, -0.2) is 4.39 Å². The lowest BCUT2D eigenvalue weighted by molar-refractivity contribution is -0.385. The van der Waals surface area contributed by atoms with E-state index in [-0.39, 0.29) is 27.8 Å². The van der Waals surface area contributed by atoms with Crippen LogP contribution in [0.1, 0.15) is 16.7 Å². The quantitative estimate of drug-likeness (QED) is 0.118. The van der Waals surface area contributed by atoms with Crippen molar-refractivity contribution in [2.45, 2.75) is 12.7 Å². The van der Waals surface area contributed by atoms with Gasteiger partial charge in [-0.15, -0.1) is 0 Å². The van der Waals surface area contributed by atoms with Crippen LogP contribution in [-0.4, -0.2) is 21.0 Å². The van der Waals surface area contributed by atoms with Crippen LogP contribution in [0.15, 0.2) is 64.0 Å². The summed E-state index contributed by atoms with van der Waals surface area (Å²) in [7, 11) is 0. The molecule has 0 aromatic heterocycles. The second-order valence-electron chi connectivity index (χ2n) is 7.73. The number of amides is 2. The van der Waals surface area contributed by atoms with Crippen molar-refractivity contribution >= 4 is 62.2 Å².